The van der Waals surface area contributed by atoms with Crippen LogP contribution >= 0.6 is 0 Å². The number of hydrogen-bond acceptors (Lipinski definition) is 7. The predicted octanol–water partition coefficient (Wildman–Crippen LogP) is 3.49. The molecular weight excluding hydrogens is 538 g/mol. The third-order valence-electron chi connectivity index (χ3n) is 7.05. The van der Waals surface area contributed by atoms with Crippen molar-refractivity contribution in [1.29, 1.82) is 0 Å². The molecule has 1 aliphatic rings. The topological polar surface area (TPSA) is 145 Å². The zero-order valence-electron chi connectivity index (χ0n) is 23.0. The fourth-order valence-corrected chi connectivity index (χ4v) is 4.98. The summed E-state index contributed by atoms with van der Waals surface area (Å²) in [5, 5.41) is 22.0. The number of alkyl carbamates (subject to hydrolysis) is 1. The molecule has 1 aliphatic carbocycles. The van der Waals surface area contributed by atoms with Crippen molar-refractivity contribution in [3.05, 3.63) is 107 Å². The zero-order valence-corrected chi connectivity index (χ0v) is 23.0. The maximum absolute atomic E-state index is 13.3. The van der Waals surface area contributed by atoms with Gasteiger partial charge in [-0.1, -0.05) is 84.1 Å². The van der Waals surface area contributed by atoms with Gasteiger partial charge in [0, 0.05) is 5.92 Å². The molecular formula is C31H31N5O6. The zero-order chi connectivity index (χ0) is 29.5. The van der Waals surface area contributed by atoms with Crippen molar-refractivity contribution < 1.29 is 29.0 Å². The van der Waals surface area contributed by atoms with Gasteiger partial charge in [-0.2, -0.15) is 0 Å². The summed E-state index contributed by atoms with van der Waals surface area (Å²) in [6, 6.07) is 24.5. The van der Waals surface area contributed by atoms with Gasteiger partial charge in [-0.25, -0.2) is 9.48 Å². The van der Waals surface area contributed by atoms with Crippen LogP contribution < -0.4 is 10.6 Å². The van der Waals surface area contributed by atoms with Gasteiger partial charge < -0.3 is 25.2 Å². The van der Waals surface area contributed by atoms with Gasteiger partial charge in [-0.3, -0.25) is 9.59 Å². The van der Waals surface area contributed by atoms with Gasteiger partial charge in [0.1, 0.15) is 24.9 Å². The van der Waals surface area contributed by atoms with Crippen LogP contribution in [-0.4, -0.2) is 56.8 Å². The summed E-state index contributed by atoms with van der Waals surface area (Å²) in [5.74, 6) is -1.71. The Morgan fingerprint density at radius 2 is 1.60 bits per heavy atom. The largest absolute Gasteiger partial charge is 0.480 e. The van der Waals surface area contributed by atoms with E-state index in [1.54, 1.807) is 6.92 Å². The number of nitrogens with one attached hydrogen (secondary N) is 2. The lowest BCUT2D eigenvalue weighted by Gasteiger charge is -2.25. The molecule has 11 nitrogen and oxygen atoms in total. The highest BCUT2D eigenvalue weighted by Crippen LogP contribution is 2.44. The van der Waals surface area contributed by atoms with Crippen LogP contribution in [0.4, 0.5) is 4.79 Å². The van der Waals surface area contributed by atoms with Gasteiger partial charge in [0.2, 0.25) is 5.91 Å². The van der Waals surface area contributed by atoms with E-state index in [1.807, 2.05) is 66.7 Å². The number of ether oxygens (including phenoxy) is 2. The van der Waals surface area contributed by atoms with Crippen molar-refractivity contribution in [3.8, 4) is 11.1 Å². The minimum Gasteiger partial charge on any atom is -0.480 e. The Hall–Kier alpha value is -5.03. The van der Waals surface area contributed by atoms with Crippen molar-refractivity contribution in [3.63, 3.8) is 0 Å². The van der Waals surface area contributed by atoms with E-state index in [1.165, 1.54) is 6.20 Å². The maximum Gasteiger partial charge on any atom is 0.407 e. The Bertz CT molecular complexity index is 1510. The highest BCUT2D eigenvalue weighted by atomic mass is 16.5. The van der Waals surface area contributed by atoms with Gasteiger partial charge in [-0.05, 0) is 34.7 Å². The summed E-state index contributed by atoms with van der Waals surface area (Å²) in [5.41, 5.74) is 5.67. The number of nitrogens with zero attached hydrogens (tertiary/aromatic N) is 3. The van der Waals surface area contributed by atoms with Crippen molar-refractivity contribution in [2.24, 2.45) is 0 Å². The molecule has 11 heteroatoms. The minimum atomic E-state index is -1.08. The van der Waals surface area contributed by atoms with Crippen molar-refractivity contribution in [1.82, 2.24) is 25.6 Å². The Labute approximate surface area is 242 Å². The molecule has 0 aliphatic heterocycles. The normalized spacial score (nSPS) is 13.5. The van der Waals surface area contributed by atoms with E-state index >= 15 is 0 Å². The van der Waals surface area contributed by atoms with Gasteiger partial charge >= 0.3 is 12.1 Å². The van der Waals surface area contributed by atoms with Crippen LogP contribution in [0.5, 0.6) is 0 Å². The molecule has 0 fully saturated rings. The molecule has 42 heavy (non-hydrogen) atoms. The molecule has 1 heterocycles. The maximum atomic E-state index is 13.3. The van der Waals surface area contributed by atoms with Gasteiger partial charge in [0.05, 0.1) is 25.5 Å². The molecule has 1 aromatic heterocycles. The number of amides is 2. The lowest BCUT2D eigenvalue weighted by Crippen LogP contribution is -2.53. The van der Waals surface area contributed by atoms with Crippen molar-refractivity contribution in [2.45, 2.75) is 44.7 Å². The molecule has 216 valence electrons. The molecule has 0 radical (unpaired) electrons. The number of rotatable bonds is 12. The number of aromatic nitrogens is 3. The van der Waals surface area contributed by atoms with Crippen molar-refractivity contribution >= 4 is 18.0 Å². The van der Waals surface area contributed by atoms with E-state index in [4.69, 9.17) is 14.6 Å². The Kier molecular flexibility index (Phi) is 8.88. The average molecular weight is 570 g/mol. The third-order valence-corrected chi connectivity index (χ3v) is 7.05. The molecule has 0 saturated heterocycles. The second kappa shape index (κ2) is 13.1. The standard InChI is InChI=1S/C31H31N5O6/c1-20(41-18-21-9-3-2-4-10-21)29(30(39)32-15-22-16-36(35-34-22)17-28(37)38)33-31(40)42-19-27-25-13-7-5-11-23(25)24-12-6-8-14-26(24)27/h2-14,16,20,27,29H,15,17-19H2,1H3,(H,32,39)(H,33,40)(H,37,38)/t20-,29+/m0/s1. The van der Waals surface area contributed by atoms with Crippen LogP contribution in [0.1, 0.15) is 35.2 Å². The summed E-state index contributed by atoms with van der Waals surface area (Å²) in [4.78, 5) is 37.2. The first kappa shape index (κ1) is 28.5. The molecule has 0 unspecified atom stereocenters. The second-order valence-electron chi connectivity index (χ2n) is 9.97. The summed E-state index contributed by atoms with van der Waals surface area (Å²) < 4.78 is 12.8. The van der Waals surface area contributed by atoms with Gasteiger partial charge in [0.15, 0.2) is 0 Å². The van der Waals surface area contributed by atoms with E-state index in [9.17, 15) is 14.4 Å². The van der Waals surface area contributed by atoms with Crippen LogP contribution in [0.15, 0.2) is 85.1 Å². The Morgan fingerprint density at radius 3 is 2.26 bits per heavy atom. The van der Waals surface area contributed by atoms with E-state index in [0.29, 0.717) is 5.69 Å². The molecule has 4 aromatic rings. The molecule has 3 N–H and O–H groups in total. The number of benzene rings is 3. The minimum absolute atomic E-state index is 0.0211. The molecule has 5 rings (SSSR count). The highest BCUT2D eigenvalue weighted by molar-refractivity contribution is 5.86. The quantitative estimate of drug-likeness (QED) is 0.235. The average Bonchev–Trinajstić information content (AvgIpc) is 3.58. The van der Waals surface area contributed by atoms with E-state index in [-0.39, 0.29) is 32.2 Å². The first-order valence-corrected chi connectivity index (χ1v) is 13.5. The Morgan fingerprint density at radius 1 is 0.952 bits per heavy atom. The fraction of sp³-hybridized carbons (Fsp3) is 0.258. The third kappa shape index (κ3) is 6.81. The second-order valence-corrected chi connectivity index (χ2v) is 9.97. The van der Waals surface area contributed by atoms with Crippen LogP contribution in [0.3, 0.4) is 0 Å². The first-order valence-electron chi connectivity index (χ1n) is 13.5. The van der Waals surface area contributed by atoms with Gasteiger partial charge in [-0.15, -0.1) is 5.10 Å². The number of carboxylic acid groups (broad SMARTS) is 1. The Balaban J connectivity index is 1.24. The van der Waals surface area contributed by atoms with Crippen LogP contribution in [0.2, 0.25) is 0 Å². The molecule has 2 atom stereocenters. The van der Waals surface area contributed by atoms with E-state index in [2.05, 4.69) is 33.1 Å². The molecule has 0 spiro atoms. The molecule has 0 bridgehead atoms. The van der Waals surface area contributed by atoms with Crippen molar-refractivity contribution in [2.75, 3.05) is 6.61 Å². The number of fused-ring (bicyclic) bond motifs is 3. The number of carbonyl (C=O) groups is 3. The van der Waals surface area contributed by atoms with E-state index < -0.39 is 30.1 Å². The SMILES string of the molecule is C[C@H](OCc1ccccc1)[C@@H](NC(=O)OCC1c2ccccc2-c2ccccc21)C(=O)NCc1cn(CC(=O)O)nn1. The molecule has 0 saturated carbocycles. The van der Waals surface area contributed by atoms with Crippen LogP contribution in [0, 0.1) is 0 Å². The monoisotopic (exact) mass is 569 g/mol. The van der Waals surface area contributed by atoms with Crippen LogP contribution in [-0.2, 0) is 38.8 Å². The smallest absolute Gasteiger partial charge is 0.407 e. The fourth-order valence-electron chi connectivity index (χ4n) is 4.98. The first-order chi connectivity index (χ1) is 20.4. The summed E-state index contributed by atoms with van der Waals surface area (Å²) in [6.45, 7) is 1.66. The van der Waals surface area contributed by atoms with E-state index in [0.717, 1.165) is 32.5 Å². The summed E-state index contributed by atoms with van der Waals surface area (Å²) in [6.07, 6.45) is -0.0366. The molecule has 3 aromatic carbocycles. The summed E-state index contributed by atoms with van der Waals surface area (Å²) in [7, 11) is 0. The lowest BCUT2D eigenvalue weighted by atomic mass is 9.98. The summed E-state index contributed by atoms with van der Waals surface area (Å²) >= 11 is 0. The lowest BCUT2D eigenvalue weighted by molar-refractivity contribution is -0.138. The van der Waals surface area contributed by atoms with Gasteiger partial charge in [0.25, 0.3) is 0 Å². The number of hydrogen-bond donors (Lipinski definition) is 3. The number of carboxylic acids is 1. The highest BCUT2D eigenvalue weighted by Gasteiger charge is 2.31. The predicted molar refractivity (Wildman–Crippen MR) is 152 cm³/mol. The molecule has 2 amide bonds. The number of carbonyl (C=O) groups excluding carboxylic acids is 2. The number of aliphatic carboxylic acids is 1. The van der Waals surface area contributed by atoms with Crippen LogP contribution in [0.25, 0.3) is 11.1 Å².